The van der Waals surface area contributed by atoms with E-state index in [1.165, 1.54) is 0 Å². The molecule has 7 heteroatoms. The number of likely N-dealkylation sites (tertiary alicyclic amines) is 1. The maximum absolute atomic E-state index is 12.3. The summed E-state index contributed by atoms with van der Waals surface area (Å²) in [5.74, 6) is 0.954. The zero-order valence-electron chi connectivity index (χ0n) is 13.1. The van der Waals surface area contributed by atoms with Crippen molar-refractivity contribution in [2.45, 2.75) is 38.8 Å². The molecule has 0 radical (unpaired) electrons. The first kappa shape index (κ1) is 15.8. The Morgan fingerprint density at radius 2 is 2.30 bits per heavy atom. The molecule has 122 valence electrons. The Morgan fingerprint density at radius 1 is 1.48 bits per heavy atom. The van der Waals surface area contributed by atoms with Crippen LogP contribution < -0.4 is 5.32 Å². The Morgan fingerprint density at radius 3 is 3.04 bits per heavy atom. The first-order valence-electron chi connectivity index (χ1n) is 7.71. The quantitative estimate of drug-likeness (QED) is 0.930. The predicted octanol–water partition coefficient (Wildman–Crippen LogP) is 3.64. The van der Waals surface area contributed by atoms with Gasteiger partial charge in [0.05, 0.1) is 0 Å². The standard InChI is InChI=1S/C16H19ClN4O2/c1-10(2)18-16(22)21-8-4-7-13(21)15-19-14(20-23-15)11-5-3-6-12(17)9-11/h3,5-6,9-10,13H,4,7-8H2,1-2H3,(H,18,22)/t13-/m1/s1. The minimum atomic E-state index is -0.172. The van der Waals surface area contributed by atoms with Crippen LogP contribution in [0.1, 0.15) is 38.6 Å². The van der Waals surface area contributed by atoms with Crippen molar-refractivity contribution in [3.05, 3.63) is 35.2 Å². The van der Waals surface area contributed by atoms with Gasteiger partial charge in [0.25, 0.3) is 0 Å². The third kappa shape index (κ3) is 3.47. The van der Waals surface area contributed by atoms with Crippen molar-refractivity contribution in [3.8, 4) is 11.4 Å². The van der Waals surface area contributed by atoms with Gasteiger partial charge in [0.1, 0.15) is 6.04 Å². The van der Waals surface area contributed by atoms with Crippen LogP contribution in [0, 0.1) is 0 Å². The summed E-state index contributed by atoms with van der Waals surface area (Å²) in [5.41, 5.74) is 0.795. The zero-order valence-corrected chi connectivity index (χ0v) is 13.9. The van der Waals surface area contributed by atoms with Crippen molar-refractivity contribution in [2.24, 2.45) is 0 Å². The third-order valence-corrected chi connectivity index (χ3v) is 3.97. The highest BCUT2D eigenvalue weighted by Gasteiger charge is 2.34. The van der Waals surface area contributed by atoms with Crippen LogP contribution in [-0.4, -0.2) is 33.7 Å². The summed E-state index contributed by atoms with van der Waals surface area (Å²) in [6, 6.07) is 7.12. The molecule has 0 unspecified atom stereocenters. The van der Waals surface area contributed by atoms with E-state index < -0.39 is 0 Å². The molecule has 1 atom stereocenters. The van der Waals surface area contributed by atoms with Crippen molar-refractivity contribution in [1.29, 1.82) is 0 Å². The number of carbonyl (C=O) groups is 1. The van der Waals surface area contributed by atoms with Crippen LogP contribution in [-0.2, 0) is 0 Å². The topological polar surface area (TPSA) is 71.3 Å². The third-order valence-electron chi connectivity index (χ3n) is 3.74. The highest BCUT2D eigenvalue weighted by atomic mass is 35.5. The van der Waals surface area contributed by atoms with Gasteiger partial charge >= 0.3 is 6.03 Å². The second kappa shape index (κ2) is 6.58. The number of urea groups is 1. The molecule has 0 aliphatic carbocycles. The van der Waals surface area contributed by atoms with Crippen LogP contribution in [0.5, 0.6) is 0 Å². The molecule has 0 spiro atoms. The molecule has 2 heterocycles. The number of carbonyl (C=O) groups excluding carboxylic acids is 1. The van der Waals surface area contributed by atoms with Gasteiger partial charge in [0, 0.05) is 23.2 Å². The van der Waals surface area contributed by atoms with Crippen LogP contribution in [0.15, 0.2) is 28.8 Å². The largest absolute Gasteiger partial charge is 0.337 e. The number of hydrogen-bond acceptors (Lipinski definition) is 4. The maximum Gasteiger partial charge on any atom is 0.318 e. The Kier molecular flexibility index (Phi) is 4.52. The summed E-state index contributed by atoms with van der Waals surface area (Å²) in [7, 11) is 0. The van der Waals surface area contributed by atoms with E-state index in [1.807, 2.05) is 26.0 Å². The van der Waals surface area contributed by atoms with Gasteiger partial charge < -0.3 is 14.7 Å². The fourth-order valence-corrected chi connectivity index (χ4v) is 2.90. The minimum absolute atomic E-state index is 0.0912. The smallest absolute Gasteiger partial charge is 0.318 e. The number of nitrogens with zero attached hydrogens (tertiary/aromatic N) is 3. The number of aromatic nitrogens is 2. The summed E-state index contributed by atoms with van der Waals surface area (Å²) in [6.07, 6.45) is 1.74. The molecular formula is C16H19ClN4O2. The average Bonchev–Trinajstić information content (AvgIpc) is 3.15. The lowest BCUT2D eigenvalue weighted by Crippen LogP contribution is -2.42. The lowest BCUT2D eigenvalue weighted by molar-refractivity contribution is 0.178. The van der Waals surface area contributed by atoms with Crippen molar-refractivity contribution in [3.63, 3.8) is 0 Å². The molecule has 3 rings (SSSR count). The highest BCUT2D eigenvalue weighted by molar-refractivity contribution is 6.30. The van der Waals surface area contributed by atoms with Crippen LogP contribution in [0.3, 0.4) is 0 Å². The van der Waals surface area contributed by atoms with Gasteiger partial charge in [-0.25, -0.2) is 4.79 Å². The molecule has 0 bridgehead atoms. The number of nitrogens with one attached hydrogen (secondary N) is 1. The normalized spacial score (nSPS) is 17.7. The zero-order chi connectivity index (χ0) is 16.4. The predicted molar refractivity (Wildman–Crippen MR) is 87.1 cm³/mol. The lowest BCUT2D eigenvalue weighted by atomic mass is 10.2. The maximum atomic E-state index is 12.3. The van der Waals surface area contributed by atoms with E-state index in [0.29, 0.717) is 23.3 Å². The van der Waals surface area contributed by atoms with Crippen LogP contribution in [0.2, 0.25) is 5.02 Å². The summed E-state index contributed by atoms with van der Waals surface area (Å²) < 4.78 is 5.40. The first-order chi connectivity index (χ1) is 11.0. The van der Waals surface area contributed by atoms with E-state index in [9.17, 15) is 4.79 Å². The summed E-state index contributed by atoms with van der Waals surface area (Å²) in [6.45, 7) is 4.57. The second-order valence-corrected chi connectivity index (χ2v) is 6.36. The Bertz CT molecular complexity index is 701. The van der Waals surface area contributed by atoms with E-state index in [1.54, 1.807) is 17.0 Å². The van der Waals surface area contributed by atoms with Gasteiger partial charge in [0.15, 0.2) is 0 Å². The van der Waals surface area contributed by atoms with Gasteiger partial charge in [-0.1, -0.05) is 28.9 Å². The molecule has 1 aliphatic rings. The molecule has 6 nitrogen and oxygen atoms in total. The molecule has 1 N–H and O–H groups in total. The number of hydrogen-bond donors (Lipinski definition) is 1. The van der Waals surface area contributed by atoms with E-state index >= 15 is 0 Å². The van der Waals surface area contributed by atoms with Gasteiger partial charge in [-0.05, 0) is 38.8 Å². The van der Waals surface area contributed by atoms with E-state index in [4.69, 9.17) is 16.1 Å². The van der Waals surface area contributed by atoms with Crippen molar-refractivity contribution in [1.82, 2.24) is 20.4 Å². The minimum Gasteiger partial charge on any atom is -0.337 e. The Hall–Kier alpha value is -2.08. The van der Waals surface area contributed by atoms with Crippen molar-refractivity contribution >= 4 is 17.6 Å². The molecule has 2 amide bonds. The summed E-state index contributed by atoms with van der Waals surface area (Å²) in [4.78, 5) is 18.5. The Balaban J connectivity index is 1.80. The molecule has 1 saturated heterocycles. The molecule has 23 heavy (non-hydrogen) atoms. The number of halogens is 1. The van der Waals surface area contributed by atoms with Crippen LogP contribution >= 0.6 is 11.6 Å². The highest BCUT2D eigenvalue weighted by Crippen LogP contribution is 2.32. The average molecular weight is 335 g/mol. The summed E-state index contributed by atoms with van der Waals surface area (Å²) in [5, 5.41) is 7.55. The fourth-order valence-electron chi connectivity index (χ4n) is 2.71. The van der Waals surface area contributed by atoms with E-state index in [2.05, 4.69) is 15.5 Å². The number of rotatable bonds is 3. The monoisotopic (exact) mass is 334 g/mol. The molecule has 0 saturated carbocycles. The van der Waals surface area contributed by atoms with Gasteiger partial charge in [-0.15, -0.1) is 0 Å². The van der Waals surface area contributed by atoms with Gasteiger partial charge in [0.2, 0.25) is 11.7 Å². The van der Waals surface area contributed by atoms with Crippen LogP contribution in [0.4, 0.5) is 4.79 Å². The van der Waals surface area contributed by atoms with Crippen LogP contribution in [0.25, 0.3) is 11.4 Å². The van der Waals surface area contributed by atoms with Gasteiger partial charge in [-0.3, -0.25) is 0 Å². The van der Waals surface area contributed by atoms with E-state index in [0.717, 1.165) is 18.4 Å². The lowest BCUT2D eigenvalue weighted by Gasteiger charge is -2.23. The molecular weight excluding hydrogens is 316 g/mol. The SMILES string of the molecule is CC(C)NC(=O)N1CCC[C@@H]1c1nc(-c2cccc(Cl)c2)no1. The van der Waals surface area contributed by atoms with Crippen molar-refractivity contribution < 1.29 is 9.32 Å². The van der Waals surface area contributed by atoms with Crippen molar-refractivity contribution in [2.75, 3.05) is 6.54 Å². The summed E-state index contributed by atoms with van der Waals surface area (Å²) >= 11 is 5.99. The first-order valence-corrected chi connectivity index (χ1v) is 8.09. The molecule has 1 fully saturated rings. The second-order valence-electron chi connectivity index (χ2n) is 5.92. The number of amides is 2. The molecule has 1 aromatic carbocycles. The molecule has 1 aromatic heterocycles. The van der Waals surface area contributed by atoms with Gasteiger partial charge in [-0.2, -0.15) is 4.98 Å². The molecule has 1 aliphatic heterocycles. The number of benzene rings is 1. The van der Waals surface area contributed by atoms with E-state index in [-0.39, 0.29) is 18.1 Å². The molecule has 2 aromatic rings. The fraction of sp³-hybridized carbons (Fsp3) is 0.438. The Labute approximate surface area is 139 Å².